The van der Waals surface area contributed by atoms with Crippen molar-refractivity contribution < 1.29 is 28.8 Å². The molecule has 15 nitrogen and oxygen atoms in total. The van der Waals surface area contributed by atoms with E-state index in [0.29, 0.717) is 5.56 Å². The lowest BCUT2D eigenvalue weighted by molar-refractivity contribution is -0.384. The van der Waals surface area contributed by atoms with Crippen LogP contribution in [0.3, 0.4) is 0 Å². The first-order chi connectivity index (χ1) is 20.7. The molecule has 0 bridgehead atoms. The fourth-order valence-electron chi connectivity index (χ4n) is 4.17. The van der Waals surface area contributed by atoms with Gasteiger partial charge in [0.1, 0.15) is 29.6 Å². The number of alkyl carbamates (subject to hydrolysis) is 1. The summed E-state index contributed by atoms with van der Waals surface area (Å²) in [6, 6.07) is 10.7. The summed E-state index contributed by atoms with van der Waals surface area (Å²) in [5.74, 6) is -1.33. The van der Waals surface area contributed by atoms with Crippen LogP contribution in [0.4, 0.5) is 16.2 Å². The number of nitrogens with one attached hydrogen (secondary N) is 3. The highest BCUT2D eigenvalue weighted by Gasteiger charge is 2.33. The van der Waals surface area contributed by atoms with Gasteiger partial charge in [0, 0.05) is 24.8 Å². The molecule has 15 heteroatoms. The number of carbonyl (C=O) groups is 3. The Hall–Kier alpha value is -5.47. The number of rotatable bonds is 11. The van der Waals surface area contributed by atoms with Crippen molar-refractivity contribution in [2.45, 2.75) is 45.9 Å². The molecule has 3 rings (SSSR count). The average molecular weight is 611 g/mol. The minimum Gasteiger partial charge on any atom is -0.496 e. The van der Waals surface area contributed by atoms with E-state index in [1.807, 2.05) is 0 Å². The second kappa shape index (κ2) is 14.1. The maximum Gasteiger partial charge on any atom is 0.407 e. The van der Waals surface area contributed by atoms with Gasteiger partial charge >= 0.3 is 11.8 Å². The number of hydrogen-bond acceptors (Lipinski definition) is 9. The Morgan fingerprint density at radius 3 is 2.41 bits per heavy atom. The molecule has 0 aliphatic heterocycles. The SMILES string of the molecule is COc1ccc(NC(=O)C(c2ccccc2)N(CCNC(=O)OC(C)(C)C)C(=O)Cn2cc(C)c(=O)[nH]c2=O)c([N+](=O)[O-])c1. The molecule has 2 aromatic carbocycles. The molecule has 3 amide bonds. The third-order valence-electron chi connectivity index (χ3n) is 6.17. The summed E-state index contributed by atoms with van der Waals surface area (Å²) < 4.78 is 11.3. The van der Waals surface area contributed by atoms with Gasteiger partial charge in [-0.15, -0.1) is 0 Å². The minimum absolute atomic E-state index is 0.145. The normalized spacial score (nSPS) is 11.7. The predicted octanol–water partition coefficient (Wildman–Crippen LogP) is 2.50. The Labute approximate surface area is 251 Å². The lowest BCUT2D eigenvalue weighted by Crippen LogP contribution is -2.47. The molecular formula is C29H34N6O9. The van der Waals surface area contributed by atoms with Gasteiger partial charge in [0.2, 0.25) is 5.91 Å². The fraction of sp³-hybridized carbons (Fsp3) is 0.345. The molecular weight excluding hydrogens is 576 g/mol. The van der Waals surface area contributed by atoms with E-state index in [0.717, 1.165) is 15.5 Å². The van der Waals surface area contributed by atoms with Crippen LogP contribution in [-0.4, -0.2) is 63.1 Å². The molecule has 0 spiro atoms. The number of carbonyl (C=O) groups excluding carboxylic acids is 3. The maximum absolute atomic E-state index is 13.9. The lowest BCUT2D eigenvalue weighted by Gasteiger charge is -2.32. The van der Waals surface area contributed by atoms with Crippen LogP contribution in [0, 0.1) is 17.0 Å². The molecule has 0 radical (unpaired) electrons. The topological polar surface area (TPSA) is 195 Å². The third-order valence-corrected chi connectivity index (χ3v) is 6.17. The van der Waals surface area contributed by atoms with Crippen molar-refractivity contribution >= 4 is 29.3 Å². The zero-order valence-electron chi connectivity index (χ0n) is 24.9. The summed E-state index contributed by atoms with van der Waals surface area (Å²) >= 11 is 0. The van der Waals surface area contributed by atoms with Crippen LogP contribution in [0.25, 0.3) is 0 Å². The smallest absolute Gasteiger partial charge is 0.407 e. The van der Waals surface area contributed by atoms with E-state index in [1.54, 1.807) is 51.1 Å². The van der Waals surface area contributed by atoms with Crippen LogP contribution < -0.4 is 26.6 Å². The number of nitro groups is 1. The van der Waals surface area contributed by atoms with Crippen LogP contribution in [-0.2, 0) is 20.9 Å². The van der Waals surface area contributed by atoms with Gasteiger partial charge in [0.15, 0.2) is 0 Å². The van der Waals surface area contributed by atoms with Crippen LogP contribution in [0.15, 0.2) is 64.3 Å². The molecule has 0 aliphatic rings. The van der Waals surface area contributed by atoms with Crippen LogP contribution >= 0.6 is 0 Å². The van der Waals surface area contributed by atoms with Crippen LogP contribution in [0.2, 0.25) is 0 Å². The molecule has 1 aromatic heterocycles. The number of aromatic amines is 1. The Morgan fingerprint density at radius 2 is 1.80 bits per heavy atom. The van der Waals surface area contributed by atoms with E-state index >= 15 is 0 Å². The Balaban J connectivity index is 2.04. The van der Waals surface area contributed by atoms with Gasteiger partial charge in [0.05, 0.1) is 18.1 Å². The van der Waals surface area contributed by atoms with E-state index < -0.39 is 58.0 Å². The van der Waals surface area contributed by atoms with E-state index in [-0.39, 0.29) is 30.1 Å². The first kappa shape index (κ1) is 33.0. The molecule has 1 unspecified atom stereocenters. The molecule has 0 saturated carbocycles. The maximum atomic E-state index is 13.9. The summed E-state index contributed by atoms with van der Waals surface area (Å²) in [7, 11) is 1.34. The lowest BCUT2D eigenvalue weighted by atomic mass is 10.0. The van der Waals surface area contributed by atoms with Gasteiger partial charge in [-0.2, -0.15) is 0 Å². The summed E-state index contributed by atoms with van der Waals surface area (Å²) in [4.78, 5) is 78.7. The van der Waals surface area contributed by atoms with Crippen molar-refractivity contribution in [3.8, 4) is 5.75 Å². The van der Waals surface area contributed by atoms with Crippen LogP contribution in [0.1, 0.15) is 37.9 Å². The summed E-state index contributed by atoms with van der Waals surface area (Å²) in [6.07, 6.45) is 0.459. The van der Waals surface area contributed by atoms with E-state index in [4.69, 9.17) is 9.47 Å². The number of nitrogens with zero attached hydrogens (tertiary/aromatic N) is 3. The second-order valence-corrected chi connectivity index (χ2v) is 10.7. The number of H-pyrrole nitrogens is 1. The number of methoxy groups -OCH3 is 1. The molecule has 0 fully saturated rings. The van der Waals surface area contributed by atoms with Crippen molar-refractivity contribution in [2.75, 3.05) is 25.5 Å². The Morgan fingerprint density at radius 1 is 1.11 bits per heavy atom. The van der Waals surface area contributed by atoms with Gasteiger partial charge in [-0.1, -0.05) is 30.3 Å². The quantitative estimate of drug-likeness (QED) is 0.216. The number of anilines is 1. The van der Waals surface area contributed by atoms with Crippen molar-refractivity contribution in [3.63, 3.8) is 0 Å². The number of aromatic nitrogens is 2. The monoisotopic (exact) mass is 610 g/mol. The van der Waals surface area contributed by atoms with E-state index in [2.05, 4.69) is 15.6 Å². The Bertz CT molecular complexity index is 1640. The van der Waals surface area contributed by atoms with Crippen LogP contribution in [0.5, 0.6) is 5.75 Å². The van der Waals surface area contributed by atoms with E-state index in [1.165, 1.54) is 32.4 Å². The third kappa shape index (κ3) is 8.77. The van der Waals surface area contributed by atoms with Crippen molar-refractivity contribution in [2.24, 2.45) is 0 Å². The highest BCUT2D eigenvalue weighted by molar-refractivity contribution is 5.99. The molecule has 3 aromatic rings. The molecule has 1 heterocycles. The standard InChI is InChI=1S/C29H34N6O9/c1-18-16-33(27(39)32-25(18)37)17-23(36)34(14-13-30-28(40)44-29(2,3)4)24(19-9-7-6-8-10-19)26(38)31-21-12-11-20(43-5)15-22(21)35(41)42/h6-12,15-16,24H,13-14,17H2,1-5H3,(H,30,40)(H,31,38)(H,32,37,39). The van der Waals surface area contributed by atoms with Crippen molar-refractivity contribution in [3.05, 3.63) is 96.8 Å². The van der Waals surface area contributed by atoms with Gasteiger partial charge in [0.25, 0.3) is 17.2 Å². The first-order valence-electron chi connectivity index (χ1n) is 13.4. The van der Waals surface area contributed by atoms with E-state index in [9.17, 15) is 34.1 Å². The number of nitro benzene ring substituents is 1. The largest absolute Gasteiger partial charge is 0.496 e. The predicted molar refractivity (Wildman–Crippen MR) is 159 cm³/mol. The average Bonchev–Trinajstić information content (AvgIpc) is 2.95. The van der Waals surface area contributed by atoms with Crippen molar-refractivity contribution in [1.29, 1.82) is 0 Å². The van der Waals surface area contributed by atoms with Crippen molar-refractivity contribution in [1.82, 2.24) is 19.8 Å². The number of amides is 3. The second-order valence-electron chi connectivity index (χ2n) is 10.7. The number of benzene rings is 2. The van der Waals surface area contributed by atoms with Gasteiger partial charge in [-0.25, -0.2) is 9.59 Å². The zero-order valence-corrected chi connectivity index (χ0v) is 24.9. The van der Waals surface area contributed by atoms with Gasteiger partial charge in [-0.05, 0) is 45.4 Å². The molecule has 0 aliphatic carbocycles. The minimum atomic E-state index is -1.37. The summed E-state index contributed by atoms with van der Waals surface area (Å²) in [5.41, 5.74) is -2.30. The summed E-state index contributed by atoms with van der Waals surface area (Å²) in [5, 5.41) is 16.9. The summed E-state index contributed by atoms with van der Waals surface area (Å²) in [6.45, 7) is 5.56. The molecule has 44 heavy (non-hydrogen) atoms. The number of hydrogen-bond donors (Lipinski definition) is 3. The van der Waals surface area contributed by atoms with Gasteiger partial charge < -0.3 is 25.0 Å². The molecule has 0 saturated heterocycles. The molecule has 3 N–H and O–H groups in total. The number of ether oxygens (including phenoxy) is 2. The molecule has 1 atom stereocenters. The highest BCUT2D eigenvalue weighted by atomic mass is 16.6. The number of aryl methyl sites for hydroxylation is 1. The first-order valence-corrected chi connectivity index (χ1v) is 13.4. The fourth-order valence-corrected chi connectivity index (χ4v) is 4.17. The van der Waals surface area contributed by atoms with Gasteiger partial charge in [-0.3, -0.25) is 34.0 Å². The zero-order chi connectivity index (χ0) is 32.6. The Kier molecular flexibility index (Phi) is 10.6. The highest BCUT2D eigenvalue weighted by Crippen LogP contribution is 2.31. The molecule has 234 valence electrons.